The molecule has 1 heterocycles. The van der Waals surface area contributed by atoms with E-state index in [1.165, 1.54) is 0 Å². The molecule has 0 bridgehead atoms. The summed E-state index contributed by atoms with van der Waals surface area (Å²) in [5, 5.41) is 6.22. The van der Waals surface area contributed by atoms with Gasteiger partial charge in [0.05, 0.1) is 10.6 Å². The molecule has 0 radical (unpaired) electrons. The van der Waals surface area contributed by atoms with Crippen LogP contribution in [0.4, 0.5) is 0 Å². The number of nitrogens with two attached hydrogens (primary N) is 2. The first kappa shape index (κ1) is 16.5. The molecule has 120 valence electrons. The van der Waals surface area contributed by atoms with Crippen LogP contribution in [0.15, 0.2) is 17.1 Å². The van der Waals surface area contributed by atoms with Crippen molar-refractivity contribution in [1.82, 2.24) is 15.2 Å². The normalized spacial score (nSPS) is 17.0. The minimum Gasteiger partial charge on any atom is -0.325 e. The Bertz CT molecular complexity index is 677. The quantitative estimate of drug-likeness (QED) is 0.717. The molecule has 7 nitrogen and oxygen atoms in total. The second-order valence-corrected chi connectivity index (χ2v) is 6.12. The van der Waals surface area contributed by atoms with Crippen molar-refractivity contribution in [3.8, 4) is 0 Å². The van der Waals surface area contributed by atoms with Gasteiger partial charge in [-0.15, -0.1) is 9.89 Å². The molecule has 1 aliphatic carbocycles. The molecule has 0 spiro atoms. The van der Waals surface area contributed by atoms with Crippen LogP contribution in [0, 0.1) is 0 Å². The maximum atomic E-state index is 12.4. The summed E-state index contributed by atoms with van der Waals surface area (Å²) in [6.45, 7) is 5.21. The van der Waals surface area contributed by atoms with Gasteiger partial charge in [-0.1, -0.05) is 37.4 Å². The topological polar surface area (TPSA) is 116 Å². The molecule has 22 heavy (non-hydrogen) atoms. The number of nitrogens with zero attached hydrogens (tertiary/aromatic N) is 2. The van der Waals surface area contributed by atoms with Crippen LogP contribution in [0.5, 0.6) is 0 Å². The van der Waals surface area contributed by atoms with Crippen molar-refractivity contribution in [2.24, 2.45) is 5.73 Å². The van der Waals surface area contributed by atoms with Gasteiger partial charge in [0, 0.05) is 11.2 Å². The zero-order chi connectivity index (χ0) is 16.5. The van der Waals surface area contributed by atoms with Crippen molar-refractivity contribution in [2.75, 3.05) is 5.84 Å². The van der Waals surface area contributed by atoms with Gasteiger partial charge < -0.3 is 16.9 Å². The van der Waals surface area contributed by atoms with E-state index in [1.54, 1.807) is 6.92 Å². The summed E-state index contributed by atoms with van der Waals surface area (Å²) in [7, 11) is 0. The molecule has 0 saturated heterocycles. The number of halogens is 1. The molecule has 1 fully saturated rings. The molecule has 5 N–H and O–H groups in total. The van der Waals surface area contributed by atoms with Crippen LogP contribution in [-0.4, -0.2) is 15.8 Å². The number of amides is 1. The Morgan fingerprint density at radius 2 is 2.00 bits per heavy atom. The molecule has 0 unspecified atom stereocenters. The first-order valence-corrected chi connectivity index (χ1v) is 7.48. The summed E-state index contributed by atoms with van der Waals surface area (Å²) < 4.78 is 0. The van der Waals surface area contributed by atoms with Gasteiger partial charge in [0.2, 0.25) is 0 Å². The Morgan fingerprint density at radius 3 is 2.55 bits per heavy atom. The van der Waals surface area contributed by atoms with Crippen molar-refractivity contribution in [3.05, 3.63) is 38.9 Å². The molecule has 0 atom stereocenters. The highest BCUT2D eigenvalue weighted by Crippen LogP contribution is 2.36. The third kappa shape index (κ3) is 3.00. The van der Waals surface area contributed by atoms with Crippen LogP contribution in [0.2, 0.25) is 5.02 Å². The van der Waals surface area contributed by atoms with Gasteiger partial charge >= 0.3 is 0 Å². The maximum absolute atomic E-state index is 12.4. The highest BCUT2D eigenvalue weighted by Gasteiger charge is 2.36. The predicted molar refractivity (Wildman–Crippen MR) is 84.9 cm³/mol. The number of hydrogen-bond acceptors (Lipinski definition) is 5. The van der Waals surface area contributed by atoms with Gasteiger partial charge in [-0.25, -0.2) is 0 Å². The van der Waals surface area contributed by atoms with E-state index in [1.807, 2.05) is 0 Å². The Hall–Kier alpha value is -1.86. The van der Waals surface area contributed by atoms with Crippen LogP contribution in [0.3, 0.4) is 0 Å². The summed E-state index contributed by atoms with van der Waals surface area (Å²) in [6, 6.07) is 0. The minimum atomic E-state index is -0.880. The standard InChI is InChI=1S/C14H20ClN5O2/c1-8(2)18-12(21)11-10(15)9(13(22)20(17)19-11)14(16)6-4-3-5-7-14/h1,3-7,16-17H2,2H3,(H,18,21). The Kier molecular flexibility index (Phi) is 4.58. The molecule has 8 heteroatoms. The maximum Gasteiger partial charge on any atom is 0.292 e. The lowest BCUT2D eigenvalue weighted by Crippen LogP contribution is -2.47. The van der Waals surface area contributed by atoms with Crippen LogP contribution in [0.1, 0.15) is 55.1 Å². The largest absolute Gasteiger partial charge is 0.325 e. The first-order valence-electron chi connectivity index (χ1n) is 7.10. The van der Waals surface area contributed by atoms with Gasteiger partial charge in [-0.05, 0) is 19.8 Å². The van der Waals surface area contributed by atoms with Crippen LogP contribution >= 0.6 is 11.6 Å². The fourth-order valence-electron chi connectivity index (χ4n) is 2.79. The average molecular weight is 326 g/mol. The van der Waals surface area contributed by atoms with Crippen molar-refractivity contribution in [2.45, 2.75) is 44.6 Å². The molecular weight excluding hydrogens is 306 g/mol. The van der Waals surface area contributed by atoms with Crippen molar-refractivity contribution in [3.63, 3.8) is 0 Å². The Labute approximate surface area is 133 Å². The molecule has 1 amide bonds. The van der Waals surface area contributed by atoms with Crippen molar-refractivity contribution in [1.29, 1.82) is 0 Å². The first-order chi connectivity index (χ1) is 10.3. The third-order valence-corrected chi connectivity index (χ3v) is 4.21. The fourth-order valence-corrected chi connectivity index (χ4v) is 3.18. The monoisotopic (exact) mass is 325 g/mol. The number of rotatable bonds is 3. The van der Waals surface area contributed by atoms with E-state index < -0.39 is 17.0 Å². The lowest BCUT2D eigenvalue weighted by atomic mass is 9.78. The Balaban J connectivity index is 2.59. The van der Waals surface area contributed by atoms with Crippen LogP contribution < -0.4 is 22.5 Å². The lowest BCUT2D eigenvalue weighted by Gasteiger charge is -2.34. The number of carbonyl (C=O) groups excluding carboxylic acids is 1. The average Bonchev–Trinajstić information content (AvgIpc) is 2.42. The molecule has 0 aliphatic heterocycles. The molecule has 1 aromatic heterocycles. The van der Waals surface area contributed by atoms with E-state index in [4.69, 9.17) is 23.2 Å². The molecular formula is C14H20ClN5O2. The zero-order valence-electron chi connectivity index (χ0n) is 12.5. The van der Waals surface area contributed by atoms with Crippen LogP contribution in [0.25, 0.3) is 0 Å². The van der Waals surface area contributed by atoms with Gasteiger partial charge in [-0.3, -0.25) is 9.59 Å². The summed E-state index contributed by atoms with van der Waals surface area (Å²) in [4.78, 5) is 25.1. The molecule has 0 aromatic carbocycles. The number of aromatic nitrogens is 2. The zero-order valence-corrected chi connectivity index (χ0v) is 13.2. The van der Waals surface area contributed by atoms with E-state index in [-0.39, 0.29) is 16.3 Å². The Morgan fingerprint density at radius 1 is 1.41 bits per heavy atom. The molecule has 1 aliphatic rings. The van der Waals surface area contributed by atoms with Gasteiger partial charge in [0.1, 0.15) is 0 Å². The number of hydrogen-bond donors (Lipinski definition) is 3. The second kappa shape index (κ2) is 6.10. The highest BCUT2D eigenvalue weighted by atomic mass is 35.5. The number of carbonyl (C=O) groups is 1. The summed E-state index contributed by atoms with van der Waals surface area (Å²) >= 11 is 6.29. The summed E-state index contributed by atoms with van der Waals surface area (Å²) in [6.07, 6.45) is 4.08. The fraction of sp³-hybridized carbons (Fsp3) is 0.500. The summed E-state index contributed by atoms with van der Waals surface area (Å²) in [5.41, 5.74) is 5.41. The lowest BCUT2D eigenvalue weighted by molar-refractivity contribution is 0.0959. The second-order valence-electron chi connectivity index (χ2n) is 5.74. The van der Waals surface area contributed by atoms with E-state index >= 15 is 0 Å². The van der Waals surface area contributed by atoms with Gasteiger partial charge in [0.15, 0.2) is 5.69 Å². The third-order valence-electron chi connectivity index (χ3n) is 3.84. The summed E-state index contributed by atoms with van der Waals surface area (Å²) in [5.74, 6) is 5.03. The molecule has 1 saturated carbocycles. The predicted octanol–water partition coefficient (Wildman–Crippen LogP) is 0.992. The van der Waals surface area contributed by atoms with E-state index in [0.29, 0.717) is 23.3 Å². The highest BCUT2D eigenvalue weighted by molar-refractivity contribution is 6.34. The van der Waals surface area contributed by atoms with Gasteiger partial charge in [0.25, 0.3) is 11.5 Å². The molecule has 1 aromatic rings. The van der Waals surface area contributed by atoms with Crippen molar-refractivity contribution < 1.29 is 4.79 Å². The SMILES string of the molecule is C=C(C)NC(=O)c1nn(N)c(=O)c(C2(N)CCCCC2)c1Cl. The molecule has 2 rings (SSSR count). The number of nitrogen functional groups attached to an aromatic ring is 1. The van der Waals surface area contributed by atoms with Crippen LogP contribution in [-0.2, 0) is 5.54 Å². The number of allylic oxidation sites excluding steroid dienone is 1. The van der Waals surface area contributed by atoms with E-state index in [0.717, 1.165) is 19.3 Å². The smallest absolute Gasteiger partial charge is 0.292 e. The number of nitrogens with one attached hydrogen (secondary N) is 1. The van der Waals surface area contributed by atoms with E-state index in [9.17, 15) is 9.59 Å². The van der Waals surface area contributed by atoms with Gasteiger partial charge in [-0.2, -0.15) is 0 Å². The van der Waals surface area contributed by atoms with E-state index in [2.05, 4.69) is 17.0 Å². The minimum absolute atomic E-state index is 0.0325. The van der Waals surface area contributed by atoms with Crippen molar-refractivity contribution >= 4 is 17.5 Å².